The third-order valence-electron chi connectivity index (χ3n) is 2.99. The first-order valence-electron chi connectivity index (χ1n) is 6.60. The fraction of sp³-hybridized carbons (Fsp3) is 0.571. The lowest BCUT2D eigenvalue weighted by molar-refractivity contribution is 0.211. The van der Waals surface area contributed by atoms with Gasteiger partial charge in [0.15, 0.2) is 17.4 Å². The average molecular weight is 272 g/mol. The normalized spacial score (nSPS) is 11.1. The predicted molar refractivity (Wildman–Crippen MR) is 72.4 cm³/mol. The summed E-state index contributed by atoms with van der Waals surface area (Å²) < 4.78 is 32.7. The Balaban J connectivity index is 2.63. The summed E-state index contributed by atoms with van der Waals surface area (Å²) in [7, 11) is 1.73. The number of ether oxygens (including phenoxy) is 1. The monoisotopic (exact) mass is 272 g/mol. The standard InChI is InChI=1S/C14H22F2N2O/c1-4-18(5-2)6-7-19-14-12(15)8-11(10-17-3)9-13(14)16/h8-9,17H,4-7,10H2,1-3H3. The largest absolute Gasteiger partial charge is 0.486 e. The van der Waals surface area contributed by atoms with Gasteiger partial charge in [0.25, 0.3) is 0 Å². The van der Waals surface area contributed by atoms with Crippen molar-refractivity contribution < 1.29 is 13.5 Å². The van der Waals surface area contributed by atoms with Crippen LogP contribution < -0.4 is 10.1 Å². The molecule has 108 valence electrons. The first kappa shape index (κ1) is 15.9. The minimum atomic E-state index is -0.648. The molecular formula is C14H22F2N2O. The number of hydrogen-bond donors (Lipinski definition) is 1. The number of rotatable bonds is 8. The second kappa shape index (κ2) is 8.07. The van der Waals surface area contributed by atoms with Gasteiger partial charge in [0.2, 0.25) is 0 Å². The maximum Gasteiger partial charge on any atom is 0.190 e. The van der Waals surface area contributed by atoms with Crippen LogP contribution in [-0.4, -0.2) is 38.2 Å². The molecule has 0 atom stereocenters. The summed E-state index contributed by atoms with van der Waals surface area (Å²) in [6.45, 7) is 7.23. The fourth-order valence-corrected chi connectivity index (χ4v) is 1.87. The van der Waals surface area contributed by atoms with Crippen molar-refractivity contribution in [2.24, 2.45) is 0 Å². The maximum atomic E-state index is 13.7. The fourth-order valence-electron chi connectivity index (χ4n) is 1.87. The van der Waals surface area contributed by atoms with Crippen LogP contribution in [0.15, 0.2) is 12.1 Å². The highest BCUT2D eigenvalue weighted by molar-refractivity contribution is 5.31. The smallest absolute Gasteiger partial charge is 0.190 e. The van der Waals surface area contributed by atoms with Crippen LogP contribution in [0, 0.1) is 11.6 Å². The Hall–Kier alpha value is -1.20. The second-order valence-electron chi connectivity index (χ2n) is 4.29. The number of halogens is 2. The molecule has 0 radical (unpaired) electrons. The molecule has 3 nitrogen and oxygen atoms in total. The molecule has 0 saturated carbocycles. The Bertz CT molecular complexity index is 372. The molecule has 1 N–H and O–H groups in total. The van der Waals surface area contributed by atoms with E-state index in [9.17, 15) is 8.78 Å². The first-order valence-corrected chi connectivity index (χ1v) is 6.60. The molecule has 1 aromatic rings. The molecular weight excluding hydrogens is 250 g/mol. The molecule has 0 aromatic heterocycles. The molecule has 1 rings (SSSR count). The van der Waals surface area contributed by atoms with Gasteiger partial charge in [0, 0.05) is 13.1 Å². The minimum Gasteiger partial charge on any atom is -0.486 e. The molecule has 0 aliphatic carbocycles. The minimum absolute atomic E-state index is 0.279. The van der Waals surface area contributed by atoms with Crippen molar-refractivity contribution in [3.63, 3.8) is 0 Å². The lowest BCUT2D eigenvalue weighted by Gasteiger charge is -2.18. The van der Waals surface area contributed by atoms with E-state index >= 15 is 0 Å². The average Bonchev–Trinajstić information content (AvgIpc) is 2.38. The van der Waals surface area contributed by atoms with E-state index in [4.69, 9.17) is 4.74 Å². The van der Waals surface area contributed by atoms with Gasteiger partial charge in [-0.15, -0.1) is 0 Å². The number of nitrogens with one attached hydrogen (secondary N) is 1. The van der Waals surface area contributed by atoms with Crippen LogP contribution >= 0.6 is 0 Å². The summed E-state index contributed by atoms with van der Waals surface area (Å²) in [5, 5.41) is 2.85. The third kappa shape index (κ3) is 4.76. The van der Waals surface area contributed by atoms with Crippen molar-refractivity contribution in [3.05, 3.63) is 29.3 Å². The topological polar surface area (TPSA) is 24.5 Å². The van der Waals surface area contributed by atoms with Crippen molar-refractivity contribution in [2.45, 2.75) is 20.4 Å². The van der Waals surface area contributed by atoms with E-state index in [0.29, 0.717) is 18.7 Å². The van der Waals surface area contributed by atoms with Gasteiger partial charge in [-0.05, 0) is 37.8 Å². The van der Waals surface area contributed by atoms with Gasteiger partial charge in [-0.2, -0.15) is 0 Å². The number of benzene rings is 1. The zero-order valence-electron chi connectivity index (χ0n) is 11.8. The van der Waals surface area contributed by atoms with Crippen molar-refractivity contribution in [1.29, 1.82) is 0 Å². The Morgan fingerprint density at radius 3 is 2.21 bits per heavy atom. The van der Waals surface area contributed by atoms with Gasteiger partial charge >= 0.3 is 0 Å². The van der Waals surface area contributed by atoms with Crippen LogP contribution in [0.5, 0.6) is 5.75 Å². The van der Waals surface area contributed by atoms with Gasteiger partial charge < -0.3 is 15.0 Å². The van der Waals surface area contributed by atoms with Gasteiger partial charge in [0.1, 0.15) is 6.61 Å². The summed E-state index contributed by atoms with van der Waals surface area (Å²) in [6.07, 6.45) is 0. The molecule has 0 amide bonds. The molecule has 0 saturated heterocycles. The van der Waals surface area contributed by atoms with Crippen molar-refractivity contribution >= 4 is 0 Å². The molecule has 5 heteroatoms. The number of hydrogen-bond acceptors (Lipinski definition) is 3. The highest BCUT2D eigenvalue weighted by Crippen LogP contribution is 2.23. The zero-order chi connectivity index (χ0) is 14.3. The van der Waals surface area contributed by atoms with E-state index in [-0.39, 0.29) is 12.4 Å². The Labute approximate surface area is 113 Å². The lowest BCUT2D eigenvalue weighted by Crippen LogP contribution is -2.28. The Kier molecular flexibility index (Phi) is 6.73. The molecule has 0 aliphatic heterocycles. The summed E-state index contributed by atoms with van der Waals surface area (Å²) in [4.78, 5) is 2.13. The second-order valence-corrected chi connectivity index (χ2v) is 4.29. The molecule has 0 unspecified atom stereocenters. The number of likely N-dealkylation sites (N-methyl/N-ethyl adjacent to an activating group) is 1. The van der Waals surface area contributed by atoms with E-state index in [1.54, 1.807) is 7.05 Å². The van der Waals surface area contributed by atoms with E-state index < -0.39 is 11.6 Å². The van der Waals surface area contributed by atoms with Gasteiger partial charge in [0.05, 0.1) is 0 Å². The van der Waals surface area contributed by atoms with E-state index in [0.717, 1.165) is 13.1 Å². The van der Waals surface area contributed by atoms with E-state index in [1.807, 2.05) is 13.8 Å². The maximum absolute atomic E-state index is 13.7. The summed E-state index contributed by atoms with van der Waals surface area (Å²) in [6, 6.07) is 2.60. The Morgan fingerprint density at radius 1 is 1.16 bits per heavy atom. The highest BCUT2D eigenvalue weighted by Gasteiger charge is 2.12. The molecule has 0 spiro atoms. The highest BCUT2D eigenvalue weighted by atomic mass is 19.1. The van der Waals surface area contributed by atoms with Gasteiger partial charge in [-0.3, -0.25) is 0 Å². The van der Waals surface area contributed by atoms with Crippen LogP contribution in [0.25, 0.3) is 0 Å². The molecule has 0 heterocycles. The van der Waals surface area contributed by atoms with Gasteiger partial charge in [-0.1, -0.05) is 13.8 Å². The zero-order valence-corrected chi connectivity index (χ0v) is 11.8. The van der Waals surface area contributed by atoms with E-state index in [1.165, 1.54) is 12.1 Å². The third-order valence-corrected chi connectivity index (χ3v) is 2.99. The van der Waals surface area contributed by atoms with Crippen molar-refractivity contribution in [3.8, 4) is 5.75 Å². The summed E-state index contributed by atoms with van der Waals surface area (Å²) in [5.74, 6) is -1.58. The quantitative estimate of drug-likeness (QED) is 0.786. The molecule has 0 bridgehead atoms. The molecule has 0 aliphatic rings. The lowest BCUT2D eigenvalue weighted by atomic mass is 10.2. The van der Waals surface area contributed by atoms with Crippen LogP contribution in [0.1, 0.15) is 19.4 Å². The molecule has 0 fully saturated rings. The molecule has 19 heavy (non-hydrogen) atoms. The van der Waals surface area contributed by atoms with Crippen LogP contribution in [0.3, 0.4) is 0 Å². The predicted octanol–water partition coefficient (Wildman–Crippen LogP) is 2.40. The molecule has 1 aromatic carbocycles. The van der Waals surface area contributed by atoms with Crippen molar-refractivity contribution in [2.75, 3.05) is 33.3 Å². The number of nitrogens with zero attached hydrogens (tertiary/aromatic N) is 1. The van der Waals surface area contributed by atoms with Crippen LogP contribution in [0.2, 0.25) is 0 Å². The van der Waals surface area contributed by atoms with Crippen LogP contribution in [0.4, 0.5) is 8.78 Å². The van der Waals surface area contributed by atoms with Crippen LogP contribution in [-0.2, 0) is 6.54 Å². The van der Waals surface area contributed by atoms with Crippen molar-refractivity contribution in [1.82, 2.24) is 10.2 Å². The SMILES string of the molecule is CCN(CC)CCOc1c(F)cc(CNC)cc1F. The van der Waals surface area contributed by atoms with Gasteiger partial charge in [-0.25, -0.2) is 8.78 Å². The first-order chi connectivity index (χ1) is 9.12. The summed E-state index contributed by atoms with van der Waals surface area (Å²) in [5.41, 5.74) is 0.564. The van der Waals surface area contributed by atoms with E-state index in [2.05, 4.69) is 10.2 Å². The summed E-state index contributed by atoms with van der Waals surface area (Å²) >= 11 is 0. The Morgan fingerprint density at radius 2 is 1.74 bits per heavy atom.